The molecule has 1 aromatic heterocycles. The quantitative estimate of drug-likeness (QED) is 0.640. The van der Waals surface area contributed by atoms with Crippen LogP contribution in [0.5, 0.6) is 0 Å². The van der Waals surface area contributed by atoms with Gasteiger partial charge in [-0.1, -0.05) is 16.7 Å². The van der Waals surface area contributed by atoms with E-state index in [0.29, 0.717) is 0 Å². The summed E-state index contributed by atoms with van der Waals surface area (Å²) >= 11 is 0. The average Bonchev–Trinajstić information content (AvgIpc) is 2.45. The highest BCUT2D eigenvalue weighted by atomic mass is 35.7. The van der Waals surface area contributed by atoms with Gasteiger partial charge in [-0.3, -0.25) is 0 Å². The molecule has 70 valence electrons. The lowest BCUT2D eigenvalue weighted by atomic mass is 10.4. The molecule has 0 fully saturated rings. The Morgan fingerprint density at radius 3 is 2.92 bits per heavy atom. The first-order chi connectivity index (χ1) is 6.09. The molecule has 1 atom stereocenters. The smallest absolute Gasteiger partial charge is 0.212 e. The number of rotatable bonds is 1. The molecule has 0 radical (unpaired) electrons. The highest BCUT2D eigenvalue weighted by Gasteiger charge is 2.34. The summed E-state index contributed by atoms with van der Waals surface area (Å²) in [4.78, 5) is 4.32. The van der Waals surface area contributed by atoms with Gasteiger partial charge in [0, 0.05) is 6.07 Å². The van der Waals surface area contributed by atoms with Gasteiger partial charge in [0.05, 0.1) is 6.20 Å². The van der Waals surface area contributed by atoms with Crippen molar-refractivity contribution in [3.8, 4) is 0 Å². The molecule has 0 bridgehead atoms. The van der Waals surface area contributed by atoms with E-state index in [-0.39, 0.29) is 5.37 Å². The summed E-state index contributed by atoms with van der Waals surface area (Å²) in [5.41, 5.74) is 0. The van der Waals surface area contributed by atoms with E-state index in [1.807, 2.05) is 30.6 Å². The van der Waals surface area contributed by atoms with Gasteiger partial charge in [0.25, 0.3) is 0 Å². The Labute approximate surface area is 84.1 Å². The fourth-order valence-corrected chi connectivity index (χ4v) is 2.86. The summed E-state index contributed by atoms with van der Waals surface area (Å²) in [6.07, 6.45) is 8.14. The van der Waals surface area contributed by atoms with Crippen LogP contribution in [0, 0.1) is 0 Å². The van der Waals surface area contributed by atoms with E-state index in [9.17, 15) is 0 Å². The first-order valence-electron chi connectivity index (χ1n) is 4.05. The zero-order chi connectivity index (χ0) is 9.47. The second-order valence-corrected chi connectivity index (χ2v) is 8.84. The lowest BCUT2D eigenvalue weighted by molar-refractivity contribution is -0.667. The van der Waals surface area contributed by atoms with Crippen LogP contribution in [-0.2, 0) is 0 Å². The summed E-state index contributed by atoms with van der Waals surface area (Å²) < 4.78 is 2.13. The highest BCUT2D eigenvalue weighted by molar-refractivity contribution is 8.50. The molecule has 4 heteroatoms. The summed E-state index contributed by atoms with van der Waals surface area (Å²) in [5, 5.41) is 0.241. The molecule has 0 aliphatic carbocycles. The molecule has 1 aliphatic rings. The number of pyridine rings is 1. The van der Waals surface area contributed by atoms with E-state index in [0.717, 1.165) is 5.82 Å². The fraction of sp³-hybridized carbons (Fsp3) is 0.333. The number of aliphatic imine (C=N–C) groups is 1. The number of nitrogens with zero attached hydrogens (tertiary/aromatic N) is 2. The lowest BCUT2D eigenvalue weighted by Gasteiger charge is -2.24. The molecule has 0 saturated heterocycles. The third kappa shape index (κ3) is 1.58. The second kappa shape index (κ2) is 3.00. The van der Waals surface area contributed by atoms with Crippen molar-refractivity contribution >= 4 is 32.0 Å². The van der Waals surface area contributed by atoms with E-state index in [4.69, 9.17) is 10.7 Å². The first kappa shape index (κ1) is 9.03. The van der Waals surface area contributed by atoms with E-state index >= 15 is 0 Å². The van der Waals surface area contributed by atoms with Gasteiger partial charge in [-0.25, -0.2) is 4.57 Å². The zero-order valence-electron chi connectivity index (χ0n) is 7.64. The van der Waals surface area contributed by atoms with E-state index in [2.05, 4.69) is 22.1 Å². The SMILES string of the molecule is CS(C)(Cl)C1C=Nc2cccc[n+]21. The fourth-order valence-electron chi connectivity index (χ4n) is 1.40. The Morgan fingerprint density at radius 1 is 1.46 bits per heavy atom. The number of aromatic nitrogens is 1. The topological polar surface area (TPSA) is 16.2 Å². The van der Waals surface area contributed by atoms with Gasteiger partial charge in [0.15, 0.2) is 6.21 Å². The van der Waals surface area contributed by atoms with Gasteiger partial charge < -0.3 is 0 Å². The Bertz CT molecular complexity index is 357. The molecular weight excluding hydrogens is 204 g/mol. The van der Waals surface area contributed by atoms with Gasteiger partial charge >= 0.3 is 5.82 Å². The molecule has 1 unspecified atom stereocenters. The van der Waals surface area contributed by atoms with Gasteiger partial charge in [0.1, 0.15) is 0 Å². The predicted octanol–water partition coefficient (Wildman–Crippen LogP) is 2.41. The normalized spacial score (nSPS) is 21.6. The minimum Gasteiger partial charge on any atom is -0.212 e. The van der Waals surface area contributed by atoms with E-state index < -0.39 is 9.24 Å². The van der Waals surface area contributed by atoms with Crippen LogP contribution in [0.3, 0.4) is 0 Å². The summed E-state index contributed by atoms with van der Waals surface area (Å²) in [6.45, 7) is 0. The van der Waals surface area contributed by atoms with Crippen molar-refractivity contribution in [3.63, 3.8) is 0 Å². The average molecular weight is 216 g/mol. The molecule has 2 nitrogen and oxygen atoms in total. The Hall–Kier alpha value is -0.540. The molecule has 0 saturated carbocycles. The van der Waals surface area contributed by atoms with Crippen LogP contribution in [0.25, 0.3) is 0 Å². The van der Waals surface area contributed by atoms with Crippen LogP contribution < -0.4 is 4.57 Å². The molecular formula is C9H12ClN2S+. The second-order valence-electron chi connectivity index (χ2n) is 3.41. The maximum absolute atomic E-state index is 6.34. The molecule has 2 rings (SSSR count). The standard InChI is InChI=1S/C9H12ClN2S/c1-13(2,10)9-7-11-8-5-3-4-6-12(8)9/h3-7,9H,1-2H3/q+1. The third-order valence-electron chi connectivity index (χ3n) is 2.05. The van der Waals surface area contributed by atoms with Crippen molar-refractivity contribution in [1.82, 2.24) is 0 Å². The first-order valence-corrected chi connectivity index (χ1v) is 7.39. The number of hydrogen-bond acceptors (Lipinski definition) is 1. The van der Waals surface area contributed by atoms with Gasteiger partial charge in [-0.15, -0.1) is 9.24 Å². The molecule has 13 heavy (non-hydrogen) atoms. The monoisotopic (exact) mass is 215 g/mol. The maximum Gasteiger partial charge on any atom is 0.323 e. The highest BCUT2D eigenvalue weighted by Crippen LogP contribution is 2.54. The molecule has 1 aliphatic heterocycles. The third-order valence-corrected chi connectivity index (χ3v) is 4.10. The van der Waals surface area contributed by atoms with Crippen molar-refractivity contribution in [1.29, 1.82) is 0 Å². The molecule has 0 amide bonds. The molecule has 1 aromatic rings. The number of fused-ring (bicyclic) bond motifs is 1. The molecule has 2 heterocycles. The Balaban J connectivity index is 2.45. The van der Waals surface area contributed by atoms with Crippen LogP contribution in [0.4, 0.5) is 5.82 Å². The predicted molar refractivity (Wildman–Crippen MR) is 59.1 cm³/mol. The molecule has 0 spiro atoms. The van der Waals surface area contributed by atoms with E-state index in [1.165, 1.54) is 0 Å². The van der Waals surface area contributed by atoms with Crippen LogP contribution in [0.15, 0.2) is 29.4 Å². The van der Waals surface area contributed by atoms with Gasteiger partial charge in [-0.05, 0) is 23.6 Å². The van der Waals surface area contributed by atoms with Crippen LogP contribution in [0.2, 0.25) is 0 Å². The minimum atomic E-state index is -1.13. The molecule has 0 aromatic carbocycles. The zero-order valence-corrected chi connectivity index (χ0v) is 9.22. The Kier molecular flexibility index (Phi) is 2.08. The summed E-state index contributed by atoms with van der Waals surface area (Å²) in [6, 6.07) is 5.99. The summed E-state index contributed by atoms with van der Waals surface area (Å²) in [7, 11) is 5.21. The van der Waals surface area contributed by atoms with Gasteiger partial charge in [0.2, 0.25) is 5.37 Å². The van der Waals surface area contributed by atoms with Crippen molar-refractivity contribution < 1.29 is 4.57 Å². The van der Waals surface area contributed by atoms with Crippen LogP contribution in [0.1, 0.15) is 5.37 Å². The lowest BCUT2D eigenvalue weighted by Crippen LogP contribution is -2.38. The van der Waals surface area contributed by atoms with Crippen LogP contribution >= 0.6 is 19.9 Å². The number of halogens is 1. The van der Waals surface area contributed by atoms with Crippen LogP contribution in [-0.4, -0.2) is 18.7 Å². The Morgan fingerprint density at radius 2 is 2.23 bits per heavy atom. The number of hydrogen-bond donors (Lipinski definition) is 0. The van der Waals surface area contributed by atoms with Crippen molar-refractivity contribution in [2.24, 2.45) is 4.99 Å². The van der Waals surface area contributed by atoms with Crippen molar-refractivity contribution in [2.45, 2.75) is 5.37 Å². The van der Waals surface area contributed by atoms with Crippen molar-refractivity contribution in [2.75, 3.05) is 12.5 Å². The van der Waals surface area contributed by atoms with Gasteiger partial charge in [-0.2, -0.15) is 0 Å². The maximum atomic E-state index is 6.34. The van der Waals surface area contributed by atoms with E-state index in [1.54, 1.807) is 0 Å². The molecule has 0 N–H and O–H groups in total. The minimum absolute atomic E-state index is 0.241. The van der Waals surface area contributed by atoms with Crippen molar-refractivity contribution in [3.05, 3.63) is 24.4 Å². The largest absolute Gasteiger partial charge is 0.323 e. The summed E-state index contributed by atoms with van der Waals surface area (Å²) in [5.74, 6) is 0.994.